The maximum atomic E-state index is 12.0. The Labute approximate surface area is 108 Å². The summed E-state index contributed by atoms with van der Waals surface area (Å²) in [4.78, 5) is 25.6. The Morgan fingerprint density at radius 2 is 1.89 bits per heavy atom. The molecule has 2 atom stereocenters. The molecule has 18 heavy (non-hydrogen) atoms. The van der Waals surface area contributed by atoms with E-state index in [1.54, 1.807) is 0 Å². The third-order valence-corrected chi connectivity index (χ3v) is 4.17. The second-order valence-corrected chi connectivity index (χ2v) is 5.34. The van der Waals surface area contributed by atoms with Crippen LogP contribution in [0.3, 0.4) is 0 Å². The monoisotopic (exact) mass is 253 g/mol. The van der Waals surface area contributed by atoms with Gasteiger partial charge in [-0.25, -0.2) is 0 Å². The van der Waals surface area contributed by atoms with E-state index in [2.05, 4.69) is 5.32 Å². The number of nitrogens with one attached hydrogen (secondary N) is 1. The summed E-state index contributed by atoms with van der Waals surface area (Å²) in [7, 11) is 0. The molecule has 0 unspecified atom stereocenters. The summed E-state index contributed by atoms with van der Waals surface area (Å²) < 4.78 is 0. The first kappa shape index (κ1) is 13.3. The van der Waals surface area contributed by atoms with Crippen LogP contribution in [0.2, 0.25) is 0 Å². The van der Waals surface area contributed by atoms with Crippen molar-refractivity contribution in [2.75, 3.05) is 26.2 Å². The summed E-state index contributed by atoms with van der Waals surface area (Å²) in [5, 5.41) is 2.78. The number of rotatable bonds is 4. The van der Waals surface area contributed by atoms with Gasteiger partial charge in [0.15, 0.2) is 0 Å². The van der Waals surface area contributed by atoms with Gasteiger partial charge in [-0.2, -0.15) is 0 Å². The van der Waals surface area contributed by atoms with Gasteiger partial charge >= 0.3 is 0 Å². The molecule has 0 bridgehead atoms. The Balaban J connectivity index is 1.75. The molecule has 2 rings (SSSR count). The minimum absolute atomic E-state index is 0.00972. The fraction of sp³-hybridized carbons (Fsp3) is 0.846. The van der Waals surface area contributed by atoms with Crippen molar-refractivity contribution >= 4 is 11.8 Å². The first-order valence-corrected chi connectivity index (χ1v) is 6.98. The fourth-order valence-corrected chi connectivity index (χ4v) is 3.04. The predicted molar refractivity (Wildman–Crippen MR) is 68.7 cm³/mol. The van der Waals surface area contributed by atoms with Crippen molar-refractivity contribution in [1.29, 1.82) is 0 Å². The second kappa shape index (κ2) is 6.18. The summed E-state index contributed by atoms with van der Waals surface area (Å²) in [5.41, 5.74) is 5.66. The van der Waals surface area contributed by atoms with Crippen molar-refractivity contribution < 1.29 is 9.59 Å². The second-order valence-electron chi connectivity index (χ2n) is 5.34. The van der Waals surface area contributed by atoms with E-state index in [1.807, 2.05) is 4.90 Å². The van der Waals surface area contributed by atoms with E-state index in [1.165, 1.54) is 0 Å². The number of nitrogens with zero attached hydrogens (tertiary/aromatic N) is 1. The van der Waals surface area contributed by atoms with Crippen LogP contribution in [0.5, 0.6) is 0 Å². The third-order valence-electron chi connectivity index (χ3n) is 4.17. The summed E-state index contributed by atoms with van der Waals surface area (Å²) >= 11 is 0. The highest BCUT2D eigenvalue weighted by molar-refractivity contribution is 5.86. The molecule has 1 aliphatic heterocycles. The molecule has 3 N–H and O–H groups in total. The van der Waals surface area contributed by atoms with Crippen LogP contribution in [-0.4, -0.2) is 42.9 Å². The normalized spacial score (nSPS) is 27.5. The fourth-order valence-electron chi connectivity index (χ4n) is 3.04. The SMILES string of the molecule is NC[C@H]1CCC[C@H]1C(=O)NCC(=O)N1CCCC1. The lowest BCUT2D eigenvalue weighted by Gasteiger charge is -2.19. The number of amides is 2. The Bertz CT molecular complexity index is 313. The van der Waals surface area contributed by atoms with E-state index in [4.69, 9.17) is 5.73 Å². The van der Waals surface area contributed by atoms with Crippen molar-refractivity contribution in [1.82, 2.24) is 10.2 Å². The van der Waals surface area contributed by atoms with Crippen LogP contribution in [-0.2, 0) is 9.59 Å². The lowest BCUT2D eigenvalue weighted by molar-refractivity contribution is -0.133. The van der Waals surface area contributed by atoms with E-state index in [0.717, 1.165) is 45.2 Å². The average Bonchev–Trinajstić information content (AvgIpc) is 3.04. The molecule has 0 radical (unpaired) electrons. The lowest BCUT2D eigenvalue weighted by atomic mass is 9.95. The molecule has 1 aliphatic carbocycles. The molecule has 102 valence electrons. The molecule has 2 amide bonds. The van der Waals surface area contributed by atoms with Gasteiger partial charge in [0.05, 0.1) is 6.54 Å². The predicted octanol–water partition coefficient (Wildman–Crippen LogP) is 0.100. The highest BCUT2D eigenvalue weighted by Gasteiger charge is 2.32. The first-order valence-electron chi connectivity index (χ1n) is 6.98. The summed E-state index contributed by atoms with van der Waals surface area (Å²) in [6, 6.07) is 0. The number of hydrogen-bond donors (Lipinski definition) is 2. The quantitative estimate of drug-likeness (QED) is 0.746. The molecule has 2 aliphatic rings. The van der Waals surface area contributed by atoms with Crippen LogP contribution in [0, 0.1) is 11.8 Å². The van der Waals surface area contributed by atoms with Crippen molar-refractivity contribution in [3.63, 3.8) is 0 Å². The molecule has 0 aromatic carbocycles. The van der Waals surface area contributed by atoms with Crippen molar-refractivity contribution in [3.8, 4) is 0 Å². The van der Waals surface area contributed by atoms with Gasteiger partial charge in [0.2, 0.25) is 11.8 Å². The lowest BCUT2D eigenvalue weighted by Crippen LogP contribution is -2.42. The number of carbonyl (C=O) groups excluding carboxylic acids is 2. The standard InChI is InChI=1S/C13H23N3O2/c14-8-10-4-3-5-11(10)13(18)15-9-12(17)16-6-1-2-7-16/h10-11H,1-9,14H2,(H,15,18)/t10-,11-/m1/s1. The Kier molecular flexibility index (Phi) is 4.58. The highest BCUT2D eigenvalue weighted by atomic mass is 16.2. The molecule has 0 spiro atoms. The van der Waals surface area contributed by atoms with Gasteiger partial charge in [-0.15, -0.1) is 0 Å². The van der Waals surface area contributed by atoms with E-state index >= 15 is 0 Å². The minimum Gasteiger partial charge on any atom is -0.347 e. The van der Waals surface area contributed by atoms with Crippen LogP contribution in [0.25, 0.3) is 0 Å². The maximum Gasteiger partial charge on any atom is 0.241 e. The largest absolute Gasteiger partial charge is 0.347 e. The molecular formula is C13H23N3O2. The number of likely N-dealkylation sites (tertiary alicyclic amines) is 1. The molecule has 2 fully saturated rings. The Hall–Kier alpha value is -1.10. The van der Waals surface area contributed by atoms with Crippen molar-refractivity contribution in [2.45, 2.75) is 32.1 Å². The van der Waals surface area contributed by atoms with Gasteiger partial charge in [0.1, 0.15) is 0 Å². The number of nitrogens with two attached hydrogens (primary N) is 1. The molecule has 0 aromatic rings. The zero-order valence-electron chi connectivity index (χ0n) is 10.9. The number of hydrogen-bond acceptors (Lipinski definition) is 3. The van der Waals surface area contributed by atoms with Crippen LogP contribution in [0.15, 0.2) is 0 Å². The molecule has 5 heteroatoms. The van der Waals surface area contributed by atoms with Gasteiger partial charge in [-0.1, -0.05) is 6.42 Å². The van der Waals surface area contributed by atoms with E-state index in [0.29, 0.717) is 12.5 Å². The van der Waals surface area contributed by atoms with Gasteiger partial charge < -0.3 is 16.0 Å². The minimum atomic E-state index is 0.00972. The summed E-state index contributed by atoms with van der Waals surface area (Å²) in [6.07, 6.45) is 5.18. The van der Waals surface area contributed by atoms with Crippen LogP contribution >= 0.6 is 0 Å². The summed E-state index contributed by atoms with van der Waals surface area (Å²) in [5.74, 6) is 0.368. The zero-order chi connectivity index (χ0) is 13.0. The van der Waals surface area contributed by atoms with E-state index < -0.39 is 0 Å². The van der Waals surface area contributed by atoms with Crippen molar-refractivity contribution in [3.05, 3.63) is 0 Å². The molecular weight excluding hydrogens is 230 g/mol. The third kappa shape index (κ3) is 3.02. The van der Waals surface area contributed by atoms with Crippen LogP contribution in [0.4, 0.5) is 0 Å². The molecule has 1 saturated carbocycles. The average molecular weight is 253 g/mol. The van der Waals surface area contributed by atoms with Gasteiger partial charge in [-0.3, -0.25) is 9.59 Å². The van der Waals surface area contributed by atoms with Crippen LogP contribution < -0.4 is 11.1 Å². The van der Waals surface area contributed by atoms with Gasteiger partial charge in [-0.05, 0) is 38.1 Å². The first-order chi connectivity index (χ1) is 8.72. The van der Waals surface area contributed by atoms with Gasteiger partial charge in [0.25, 0.3) is 0 Å². The maximum absolute atomic E-state index is 12.0. The topological polar surface area (TPSA) is 75.4 Å². The molecule has 0 aromatic heterocycles. The van der Waals surface area contributed by atoms with E-state index in [-0.39, 0.29) is 24.3 Å². The molecule has 5 nitrogen and oxygen atoms in total. The summed E-state index contributed by atoms with van der Waals surface area (Å²) in [6.45, 7) is 2.39. The Morgan fingerprint density at radius 3 is 2.56 bits per heavy atom. The molecule has 1 saturated heterocycles. The molecule has 1 heterocycles. The Morgan fingerprint density at radius 1 is 1.17 bits per heavy atom. The van der Waals surface area contributed by atoms with Crippen LogP contribution in [0.1, 0.15) is 32.1 Å². The smallest absolute Gasteiger partial charge is 0.241 e. The highest BCUT2D eigenvalue weighted by Crippen LogP contribution is 2.30. The van der Waals surface area contributed by atoms with Crippen molar-refractivity contribution in [2.24, 2.45) is 17.6 Å². The number of carbonyl (C=O) groups is 2. The zero-order valence-corrected chi connectivity index (χ0v) is 10.9. The van der Waals surface area contributed by atoms with Gasteiger partial charge in [0, 0.05) is 19.0 Å². The van der Waals surface area contributed by atoms with E-state index in [9.17, 15) is 9.59 Å².